The number of thioether (sulfide) groups is 1. The molecule has 2 aliphatic heterocycles. The Hall–Kier alpha value is -3.87. The molecule has 3 aromatic rings. The van der Waals surface area contributed by atoms with Gasteiger partial charge in [-0.2, -0.15) is 0 Å². The van der Waals surface area contributed by atoms with E-state index in [0.717, 1.165) is 18.1 Å². The molecule has 11 nitrogen and oxygen atoms in total. The summed E-state index contributed by atoms with van der Waals surface area (Å²) in [7, 11) is 1.47. The van der Waals surface area contributed by atoms with Gasteiger partial charge in [0, 0.05) is 30.1 Å². The first-order valence-corrected chi connectivity index (χ1v) is 11.3. The van der Waals surface area contributed by atoms with E-state index in [2.05, 4.69) is 30.2 Å². The van der Waals surface area contributed by atoms with E-state index in [9.17, 15) is 9.18 Å². The van der Waals surface area contributed by atoms with Crippen molar-refractivity contribution < 1.29 is 13.9 Å². The molecule has 0 bridgehead atoms. The first-order valence-electron chi connectivity index (χ1n) is 10.3. The van der Waals surface area contributed by atoms with Crippen LogP contribution in [0.4, 0.5) is 16.0 Å². The van der Waals surface area contributed by atoms with Gasteiger partial charge in [-0.3, -0.25) is 9.78 Å². The maximum atomic E-state index is 13.3. The van der Waals surface area contributed by atoms with Gasteiger partial charge < -0.3 is 20.7 Å². The fourth-order valence-corrected chi connectivity index (χ4v) is 5.06. The number of halogens is 1. The number of ether oxygens (including phenoxy) is 1. The number of nitrogens with two attached hydrogens (primary N) is 1. The van der Waals surface area contributed by atoms with Crippen molar-refractivity contribution in [2.75, 3.05) is 36.2 Å². The number of carbonyl (C=O) groups is 1. The second-order valence-corrected chi connectivity index (χ2v) is 8.83. The highest BCUT2D eigenvalue weighted by atomic mass is 32.2. The first kappa shape index (κ1) is 21.9. The molecule has 0 radical (unpaired) electrons. The number of fused-ring (bicyclic) bond motifs is 1. The standard InChI is InChI=1S/C21H20FN9O2S/c1-33-17-8-25-15(7-26-17)18(32)29-14-2-3-24-16(4-14)21-11-31(20-27-5-13(22)6-28-20)9-12(21)10-34-19(23)30-21/h2-8,12H,9-11H2,1H3,(H2,23,30)(H,24,29,32)/t12-,21?/m0/s1. The number of hydrogen-bond donors (Lipinski definition) is 2. The molecule has 13 heteroatoms. The fourth-order valence-electron chi connectivity index (χ4n) is 4.08. The molecule has 174 valence electrons. The van der Waals surface area contributed by atoms with Gasteiger partial charge in [0.15, 0.2) is 11.0 Å². The van der Waals surface area contributed by atoms with Crippen LogP contribution >= 0.6 is 11.8 Å². The highest BCUT2D eigenvalue weighted by molar-refractivity contribution is 8.13. The minimum absolute atomic E-state index is 0.0596. The zero-order valence-corrected chi connectivity index (χ0v) is 18.9. The molecule has 2 atom stereocenters. The van der Waals surface area contributed by atoms with Crippen LogP contribution in [0.3, 0.4) is 0 Å². The number of aliphatic imine (C=N–C) groups is 1. The van der Waals surface area contributed by atoms with Crippen LogP contribution in [0.15, 0.2) is 48.1 Å². The number of anilines is 2. The maximum Gasteiger partial charge on any atom is 0.275 e. The number of carbonyl (C=O) groups excluding carboxylic acids is 1. The van der Waals surface area contributed by atoms with Crippen LogP contribution < -0.4 is 20.7 Å². The second-order valence-electron chi connectivity index (χ2n) is 7.79. The smallest absolute Gasteiger partial charge is 0.275 e. The van der Waals surface area contributed by atoms with Gasteiger partial charge in [-0.25, -0.2) is 29.3 Å². The number of amidine groups is 1. The molecule has 3 N–H and O–H groups in total. The summed E-state index contributed by atoms with van der Waals surface area (Å²) in [5.74, 6) is 0.596. The van der Waals surface area contributed by atoms with Gasteiger partial charge >= 0.3 is 0 Å². The fraction of sp³-hybridized carbons (Fsp3) is 0.286. The third kappa shape index (κ3) is 4.09. The van der Waals surface area contributed by atoms with Crippen molar-refractivity contribution in [3.8, 4) is 5.88 Å². The van der Waals surface area contributed by atoms with E-state index in [1.54, 1.807) is 18.3 Å². The van der Waals surface area contributed by atoms with Crippen molar-refractivity contribution in [1.29, 1.82) is 0 Å². The number of aromatic nitrogens is 5. The normalized spacial score (nSPS) is 21.5. The lowest BCUT2D eigenvalue weighted by Gasteiger charge is -2.33. The highest BCUT2D eigenvalue weighted by Crippen LogP contribution is 2.45. The monoisotopic (exact) mass is 481 g/mol. The van der Waals surface area contributed by atoms with Gasteiger partial charge in [0.25, 0.3) is 5.91 Å². The largest absolute Gasteiger partial charge is 0.480 e. The molecule has 34 heavy (non-hydrogen) atoms. The second kappa shape index (κ2) is 8.82. The van der Waals surface area contributed by atoms with Crippen LogP contribution in [0, 0.1) is 11.7 Å². The maximum absolute atomic E-state index is 13.3. The molecule has 1 unspecified atom stereocenters. The molecule has 0 spiro atoms. The molecule has 1 fully saturated rings. The van der Waals surface area contributed by atoms with E-state index in [1.807, 2.05) is 4.90 Å². The minimum Gasteiger partial charge on any atom is -0.480 e. The lowest BCUT2D eigenvalue weighted by molar-refractivity contribution is 0.102. The van der Waals surface area contributed by atoms with Gasteiger partial charge in [-0.15, -0.1) is 0 Å². The van der Waals surface area contributed by atoms with E-state index < -0.39 is 17.3 Å². The minimum atomic E-state index is -0.756. The number of rotatable bonds is 5. The number of nitrogens with one attached hydrogen (secondary N) is 1. The Bertz CT molecular complexity index is 1240. The Labute approximate surface area is 198 Å². The summed E-state index contributed by atoms with van der Waals surface area (Å²) in [6.07, 6.45) is 6.60. The Kier molecular flexibility index (Phi) is 5.69. The molecule has 1 saturated heterocycles. The van der Waals surface area contributed by atoms with E-state index >= 15 is 0 Å². The average Bonchev–Trinajstić information content (AvgIpc) is 3.24. The van der Waals surface area contributed by atoms with Gasteiger partial charge in [0.05, 0.1) is 44.1 Å². The SMILES string of the molecule is COc1cnc(C(=O)Nc2ccnc(C34CN(c5ncc(F)cn5)C[C@H]3CSC(N)=N4)c2)cn1. The van der Waals surface area contributed by atoms with Crippen LogP contribution in [0.2, 0.25) is 0 Å². The molecular formula is C21H20FN9O2S. The molecule has 3 aromatic heterocycles. The molecular weight excluding hydrogens is 461 g/mol. The Balaban J connectivity index is 1.44. The lowest BCUT2D eigenvalue weighted by Crippen LogP contribution is -2.40. The Morgan fingerprint density at radius 1 is 1.24 bits per heavy atom. The number of hydrogen-bond acceptors (Lipinski definition) is 11. The van der Waals surface area contributed by atoms with Crippen molar-refractivity contribution in [1.82, 2.24) is 24.9 Å². The zero-order valence-electron chi connectivity index (χ0n) is 18.1. The third-order valence-electron chi connectivity index (χ3n) is 5.71. The van der Waals surface area contributed by atoms with Crippen molar-refractivity contribution in [3.05, 3.63) is 60.3 Å². The van der Waals surface area contributed by atoms with E-state index in [4.69, 9.17) is 15.5 Å². The van der Waals surface area contributed by atoms with Crippen molar-refractivity contribution in [2.45, 2.75) is 5.54 Å². The van der Waals surface area contributed by atoms with Crippen LogP contribution in [-0.4, -0.2) is 61.9 Å². The molecule has 5 heterocycles. The molecule has 2 aliphatic rings. The summed E-state index contributed by atoms with van der Waals surface area (Å²) in [6.45, 7) is 1.02. The van der Waals surface area contributed by atoms with Crippen LogP contribution in [0.5, 0.6) is 5.88 Å². The number of methoxy groups -OCH3 is 1. The molecule has 5 rings (SSSR count). The lowest BCUT2D eigenvalue weighted by atomic mass is 9.85. The summed E-state index contributed by atoms with van der Waals surface area (Å²) < 4.78 is 18.3. The van der Waals surface area contributed by atoms with Crippen LogP contribution in [0.25, 0.3) is 0 Å². The summed E-state index contributed by atoms with van der Waals surface area (Å²) in [4.78, 5) is 40.3. The topological polar surface area (TPSA) is 144 Å². The Morgan fingerprint density at radius 2 is 2.06 bits per heavy atom. The highest BCUT2D eigenvalue weighted by Gasteiger charge is 2.51. The van der Waals surface area contributed by atoms with Crippen LogP contribution in [-0.2, 0) is 5.54 Å². The summed E-state index contributed by atoms with van der Waals surface area (Å²) in [5, 5.41) is 3.29. The molecule has 1 amide bonds. The molecule has 0 aliphatic carbocycles. The van der Waals surface area contributed by atoms with E-state index in [1.165, 1.54) is 31.3 Å². The third-order valence-corrected chi connectivity index (χ3v) is 6.67. The van der Waals surface area contributed by atoms with Gasteiger partial charge in [-0.1, -0.05) is 11.8 Å². The van der Waals surface area contributed by atoms with Gasteiger partial charge in [0.1, 0.15) is 11.2 Å². The van der Waals surface area contributed by atoms with Crippen molar-refractivity contribution >= 4 is 34.5 Å². The van der Waals surface area contributed by atoms with Gasteiger partial charge in [-0.05, 0) is 12.1 Å². The van der Waals surface area contributed by atoms with Gasteiger partial charge in [0.2, 0.25) is 11.8 Å². The van der Waals surface area contributed by atoms with E-state index in [-0.39, 0.29) is 11.6 Å². The van der Waals surface area contributed by atoms with E-state index in [0.29, 0.717) is 41.5 Å². The molecule has 0 aromatic carbocycles. The number of amides is 1. The average molecular weight is 482 g/mol. The summed E-state index contributed by atoms with van der Waals surface area (Å²) >= 11 is 1.48. The number of nitrogens with zero attached hydrogens (tertiary/aromatic N) is 7. The Morgan fingerprint density at radius 3 is 2.79 bits per heavy atom. The molecule has 0 saturated carbocycles. The summed E-state index contributed by atoms with van der Waals surface area (Å²) in [5.41, 5.74) is 6.70. The quantitative estimate of drug-likeness (QED) is 0.549. The predicted octanol–water partition coefficient (Wildman–Crippen LogP) is 1.45. The van der Waals surface area contributed by atoms with Crippen LogP contribution in [0.1, 0.15) is 16.2 Å². The van der Waals surface area contributed by atoms with Crippen molar-refractivity contribution in [3.63, 3.8) is 0 Å². The zero-order chi connectivity index (χ0) is 23.7. The summed E-state index contributed by atoms with van der Waals surface area (Å²) in [6, 6.07) is 3.47. The van der Waals surface area contributed by atoms with Crippen molar-refractivity contribution in [2.24, 2.45) is 16.6 Å². The predicted molar refractivity (Wildman–Crippen MR) is 124 cm³/mol. The first-order chi connectivity index (χ1) is 16.5. The number of pyridine rings is 1.